The second-order valence-corrected chi connectivity index (χ2v) is 6.83. The van der Waals surface area contributed by atoms with E-state index in [-0.39, 0.29) is 11.8 Å². The Balaban J connectivity index is 1.74. The predicted octanol–water partition coefficient (Wildman–Crippen LogP) is 0.799. The summed E-state index contributed by atoms with van der Waals surface area (Å²) in [7, 11) is 0. The van der Waals surface area contributed by atoms with Gasteiger partial charge in [0.15, 0.2) is 0 Å². The van der Waals surface area contributed by atoms with Crippen LogP contribution in [0.4, 0.5) is 0 Å². The minimum absolute atomic E-state index is 0.134. The third-order valence-electron chi connectivity index (χ3n) is 4.65. The maximum Gasteiger partial charge on any atom is 0.236 e. The van der Waals surface area contributed by atoms with Crippen LogP contribution in [0, 0.1) is 5.41 Å². The maximum absolute atomic E-state index is 12.3. The third-order valence-corrected chi connectivity index (χ3v) is 4.65. The molecule has 0 aromatic rings. The van der Waals surface area contributed by atoms with Gasteiger partial charge in [-0.25, -0.2) is 0 Å². The second kappa shape index (κ2) is 6.12. The summed E-state index contributed by atoms with van der Waals surface area (Å²) in [6.07, 6.45) is 2.19. The molecule has 2 rings (SSSR count). The minimum atomic E-state index is 0.134. The molecule has 2 aliphatic rings. The fraction of sp³-hybridized carbons (Fsp3) is 0.867. The van der Waals surface area contributed by atoms with Gasteiger partial charge < -0.3 is 9.80 Å². The number of carbonyl (C=O) groups is 2. The first-order valence-corrected chi connectivity index (χ1v) is 7.63. The Kier molecular flexibility index (Phi) is 4.68. The Labute approximate surface area is 121 Å². The first-order valence-electron chi connectivity index (χ1n) is 7.63. The summed E-state index contributed by atoms with van der Waals surface area (Å²) in [6, 6.07) is 0. The molecule has 2 aliphatic heterocycles. The largest absolute Gasteiger partial charge is 0.342 e. The summed E-state index contributed by atoms with van der Waals surface area (Å²) < 4.78 is 0. The van der Waals surface area contributed by atoms with Crippen LogP contribution in [0.15, 0.2) is 0 Å². The van der Waals surface area contributed by atoms with Crippen molar-refractivity contribution in [1.29, 1.82) is 0 Å². The van der Waals surface area contributed by atoms with Gasteiger partial charge in [0.05, 0.1) is 6.54 Å². The van der Waals surface area contributed by atoms with Crippen LogP contribution in [-0.4, -0.2) is 72.3 Å². The molecule has 0 bridgehead atoms. The van der Waals surface area contributed by atoms with Crippen molar-refractivity contribution < 1.29 is 9.59 Å². The monoisotopic (exact) mass is 281 g/mol. The number of amides is 2. The molecule has 5 heteroatoms. The SMILES string of the molecule is CC(=O)N1CCN(CC(=O)N2CCC(C)(C)CC2)CC1. The number of piperidine rings is 1. The molecule has 0 saturated carbocycles. The molecule has 5 nitrogen and oxygen atoms in total. The van der Waals surface area contributed by atoms with Crippen molar-refractivity contribution in [2.45, 2.75) is 33.6 Å². The Morgan fingerprint density at radius 3 is 1.95 bits per heavy atom. The summed E-state index contributed by atoms with van der Waals surface area (Å²) in [5.74, 6) is 0.381. The highest BCUT2D eigenvalue weighted by Crippen LogP contribution is 2.29. The summed E-state index contributed by atoms with van der Waals surface area (Å²) in [6.45, 7) is 11.5. The van der Waals surface area contributed by atoms with Crippen LogP contribution < -0.4 is 0 Å². The Morgan fingerprint density at radius 1 is 0.900 bits per heavy atom. The van der Waals surface area contributed by atoms with Gasteiger partial charge in [-0.2, -0.15) is 0 Å². The van der Waals surface area contributed by atoms with Crippen molar-refractivity contribution in [1.82, 2.24) is 14.7 Å². The molecule has 0 aromatic heterocycles. The molecule has 2 fully saturated rings. The molecule has 0 N–H and O–H groups in total. The highest BCUT2D eigenvalue weighted by molar-refractivity contribution is 5.78. The van der Waals surface area contributed by atoms with Gasteiger partial charge in [-0.15, -0.1) is 0 Å². The van der Waals surface area contributed by atoms with Gasteiger partial charge in [0.1, 0.15) is 0 Å². The number of carbonyl (C=O) groups excluding carboxylic acids is 2. The molecule has 2 saturated heterocycles. The lowest BCUT2D eigenvalue weighted by Crippen LogP contribution is -2.52. The fourth-order valence-electron chi connectivity index (χ4n) is 2.87. The molecule has 114 valence electrons. The summed E-state index contributed by atoms with van der Waals surface area (Å²) in [5.41, 5.74) is 0.379. The van der Waals surface area contributed by atoms with Crippen molar-refractivity contribution in [2.24, 2.45) is 5.41 Å². The van der Waals surface area contributed by atoms with Crippen LogP contribution >= 0.6 is 0 Å². The van der Waals surface area contributed by atoms with Crippen LogP contribution in [0.25, 0.3) is 0 Å². The molecule has 0 aliphatic carbocycles. The van der Waals surface area contributed by atoms with Gasteiger partial charge in [-0.1, -0.05) is 13.8 Å². The summed E-state index contributed by atoms with van der Waals surface area (Å²) in [5, 5.41) is 0. The zero-order valence-corrected chi connectivity index (χ0v) is 13.0. The molecule has 0 aromatic carbocycles. The van der Waals surface area contributed by atoms with E-state index in [1.165, 1.54) is 0 Å². The van der Waals surface area contributed by atoms with Crippen molar-refractivity contribution >= 4 is 11.8 Å². The number of hydrogen-bond acceptors (Lipinski definition) is 3. The van der Waals surface area contributed by atoms with Crippen LogP contribution in [0.1, 0.15) is 33.6 Å². The fourth-order valence-corrected chi connectivity index (χ4v) is 2.87. The van der Waals surface area contributed by atoms with Crippen molar-refractivity contribution in [2.75, 3.05) is 45.8 Å². The smallest absolute Gasteiger partial charge is 0.236 e. The highest BCUT2D eigenvalue weighted by Gasteiger charge is 2.29. The maximum atomic E-state index is 12.3. The van der Waals surface area contributed by atoms with Gasteiger partial charge in [-0.3, -0.25) is 14.5 Å². The van der Waals surface area contributed by atoms with Gasteiger partial charge in [0, 0.05) is 46.2 Å². The standard InChI is InChI=1S/C15H27N3O2/c1-13(19)17-10-8-16(9-11-17)12-14(20)18-6-4-15(2,3)5-7-18/h4-12H2,1-3H3. The average molecular weight is 281 g/mol. The van der Waals surface area contributed by atoms with E-state index in [2.05, 4.69) is 18.7 Å². The van der Waals surface area contributed by atoms with Crippen molar-refractivity contribution in [3.63, 3.8) is 0 Å². The number of likely N-dealkylation sites (tertiary alicyclic amines) is 1. The van der Waals surface area contributed by atoms with E-state index in [4.69, 9.17) is 0 Å². The number of hydrogen-bond donors (Lipinski definition) is 0. The number of nitrogens with zero attached hydrogens (tertiary/aromatic N) is 3. The molecular formula is C15H27N3O2. The number of piperazine rings is 1. The van der Waals surface area contributed by atoms with Crippen LogP contribution in [0.3, 0.4) is 0 Å². The van der Waals surface area contributed by atoms with Crippen LogP contribution in [0.5, 0.6) is 0 Å². The Bertz CT molecular complexity index is 363. The lowest BCUT2D eigenvalue weighted by Gasteiger charge is -2.39. The molecule has 0 spiro atoms. The van der Waals surface area contributed by atoms with Crippen LogP contribution in [-0.2, 0) is 9.59 Å². The van der Waals surface area contributed by atoms with Gasteiger partial charge >= 0.3 is 0 Å². The lowest BCUT2D eigenvalue weighted by atomic mass is 9.83. The minimum Gasteiger partial charge on any atom is -0.342 e. The van der Waals surface area contributed by atoms with Crippen molar-refractivity contribution in [3.8, 4) is 0 Å². The second-order valence-electron chi connectivity index (χ2n) is 6.83. The van der Waals surface area contributed by atoms with Gasteiger partial charge in [0.2, 0.25) is 11.8 Å². The topological polar surface area (TPSA) is 43.9 Å². The van der Waals surface area contributed by atoms with E-state index < -0.39 is 0 Å². The quantitative estimate of drug-likeness (QED) is 0.752. The molecule has 0 atom stereocenters. The summed E-state index contributed by atoms with van der Waals surface area (Å²) >= 11 is 0. The normalized spacial score (nSPS) is 23.8. The first-order chi connectivity index (χ1) is 9.37. The van der Waals surface area contributed by atoms with E-state index in [0.29, 0.717) is 12.0 Å². The van der Waals surface area contributed by atoms with Crippen LogP contribution in [0.2, 0.25) is 0 Å². The molecule has 0 radical (unpaired) electrons. The number of rotatable bonds is 2. The van der Waals surface area contributed by atoms with E-state index in [1.54, 1.807) is 6.92 Å². The zero-order valence-electron chi connectivity index (χ0n) is 13.0. The Hall–Kier alpha value is -1.10. The Morgan fingerprint density at radius 2 is 1.45 bits per heavy atom. The molecule has 2 amide bonds. The lowest BCUT2D eigenvalue weighted by molar-refractivity contribution is -0.135. The van der Waals surface area contributed by atoms with E-state index in [0.717, 1.165) is 52.1 Å². The highest BCUT2D eigenvalue weighted by atomic mass is 16.2. The van der Waals surface area contributed by atoms with E-state index in [9.17, 15) is 9.59 Å². The van der Waals surface area contributed by atoms with Gasteiger partial charge in [0.25, 0.3) is 0 Å². The average Bonchev–Trinajstić information content (AvgIpc) is 2.39. The molecule has 2 heterocycles. The predicted molar refractivity (Wildman–Crippen MR) is 78.3 cm³/mol. The molecular weight excluding hydrogens is 254 g/mol. The molecule has 0 unspecified atom stereocenters. The van der Waals surface area contributed by atoms with Gasteiger partial charge in [-0.05, 0) is 18.3 Å². The molecule has 20 heavy (non-hydrogen) atoms. The third kappa shape index (κ3) is 3.95. The summed E-state index contributed by atoms with van der Waals surface area (Å²) in [4.78, 5) is 29.6. The van der Waals surface area contributed by atoms with E-state index >= 15 is 0 Å². The zero-order chi connectivity index (χ0) is 14.8. The first kappa shape index (κ1) is 15.3. The van der Waals surface area contributed by atoms with Crippen molar-refractivity contribution in [3.05, 3.63) is 0 Å². The van der Waals surface area contributed by atoms with E-state index in [1.807, 2.05) is 9.80 Å².